The average molecular weight is 359 g/mol. The molecule has 0 aliphatic carbocycles. The smallest absolute Gasteiger partial charge is 0.255 e. The van der Waals surface area contributed by atoms with Crippen molar-refractivity contribution in [2.24, 2.45) is 0 Å². The van der Waals surface area contributed by atoms with Gasteiger partial charge in [0, 0.05) is 10.6 Å². The lowest BCUT2D eigenvalue weighted by Gasteiger charge is -2.09. The Morgan fingerprint density at radius 1 is 1.16 bits per heavy atom. The van der Waals surface area contributed by atoms with Crippen LogP contribution in [-0.4, -0.2) is 5.91 Å². The van der Waals surface area contributed by atoms with Gasteiger partial charge in [-0.25, -0.2) is 0 Å². The van der Waals surface area contributed by atoms with Crippen molar-refractivity contribution >= 4 is 50.7 Å². The van der Waals surface area contributed by atoms with Gasteiger partial charge >= 0.3 is 0 Å². The number of anilines is 1. The molecular weight excluding hydrogens is 349 g/mol. The van der Waals surface area contributed by atoms with Crippen molar-refractivity contribution < 1.29 is 4.79 Å². The SMILES string of the molecule is Cc1ccc(C(=O)Nc2cccc(Cl)c2Br)cc1Cl. The highest BCUT2D eigenvalue weighted by atomic mass is 79.9. The first-order chi connectivity index (χ1) is 8.99. The Morgan fingerprint density at radius 2 is 1.89 bits per heavy atom. The number of hydrogen-bond acceptors (Lipinski definition) is 1. The zero-order valence-corrected chi connectivity index (χ0v) is 13.1. The quantitative estimate of drug-likeness (QED) is 0.773. The monoisotopic (exact) mass is 357 g/mol. The van der Waals surface area contributed by atoms with Crippen molar-refractivity contribution in [2.75, 3.05) is 5.32 Å². The van der Waals surface area contributed by atoms with Gasteiger partial charge in [0.1, 0.15) is 0 Å². The fourth-order valence-electron chi connectivity index (χ4n) is 1.53. The Morgan fingerprint density at radius 3 is 2.58 bits per heavy atom. The van der Waals surface area contributed by atoms with Crippen molar-refractivity contribution in [3.8, 4) is 0 Å². The van der Waals surface area contributed by atoms with Crippen LogP contribution in [0.3, 0.4) is 0 Å². The van der Waals surface area contributed by atoms with Gasteiger partial charge in [0.15, 0.2) is 0 Å². The molecule has 98 valence electrons. The van der Waals surface area contributed by atoms with E-state index in [-0.39, 0.29) is 5.91 Å². The topological polar surface area (TPSA) is 29.1 Å². The number of benzene rings is 2. The molecule has 1 amide bonds. The first-order valence-electron chi connectivity index (χ1n) is 5.50. The average Bonchev–Trinajstić information content (AvgIpc) is 2.38. The molecule has 0 saturated heterocycles. The summed E-state index contributed by atoms with van der Waals surface area (Å²) >= 11 is 15.3. The summed E-state index contributed by atoms with van der Waals surface area (Å²) in [6.45, 7) is 1.89. The number of hydrogen-bond donors (Lipinski definition) is 1. The molecule has 0 aliphatic heterocycles. The predicted molar refractivity (Wildman–Crippen MR) is 83.3 cm³/mol. The Balaban J connectivity index is 2.26. The van der Waals surface area contributed by atoms with E-state index >= 15 is 0 Å². The lowest BCUT2D eigenvalue weighted by Crippen LogP contribution is -2.12. The molecule has 0 aromatic heterocycles. The molecule has 5 heteroatoms. The molecule has 2 aromatic carbocycles. The second-order valence-corrected chi connectivity index (χ2v) is 5.63. The number of rotatable bonds is 2. The first kappa shape index (κ1) is 14.4. The molecule has 0 atom stereocenters. The maximum absolute atomic E-state index is 12.1. The van der Waals surface area contributed by atoms with Crippen LogP contribution in [0.2, 0.25) is 10.0 Å². The molecule has 0 aliphatic rings. The summed E-state index contributed by atoms with van der Waals surface area (Å²) in [6.07, 6.45) is 0. The third-order valence-corrected chi connectivity index (χ3v) is 4.44. The van der Waals surface area contributed by atoms with E-state index in [0.29, 0.717) is 25.8 Å². The maximum Gasteiger partial charge on any atom is 0.255 e. The van der Waals surface area contributed by atoms with Crippen LogP contribution in [0, 0.1) is 6.92 Å². The highest BCUT2D eigenvalue weighted by Crippen LogP contribution is 2.30. The molecule has 19 heavy (non-hydrogen) atoms. The molecule has 2 rings (SSSR count). The minimum absolute atomic E-state index is 0.232. The summed E-state index contributed by atoms with van der Waals surface area (Å²) < 4.78 is 0.656. The second-order valence-electron chi connectivity index (χ2n) is 4.02. The largest absolute Gasteiger partial charge is 0.321 e. The third kappa shape index (κ3) is 3.30. The van der Waals surface area contributed by atoms with Crippen LogP contribution in [0.15, 0.2) is 40.9 Å². The number of carbonyl (C=O) groups excluding carboxylic acids is 1. The lowest BCUT2D eigenvalue weighted by atomic mass is 10.1. The van der Waals surface area contributed by atoms with E-state index in [9.17, 15) is 4.79 Å². The summed E-state index contributed by atoms with van der Waals surface area (Å²) in [5, 5.41) is 3.89. The van der Waals surface area contributed by atoms with Crippen molar-refractivity contribution in [1.82, 2.24) is 0 Å². The molecule has 0 unspecified atom stereocenters. The lowest BCUT2D eigenvalue weighted by molar-refractivity contribution is 0.102. The van der Waals surface area contributed by atoms with Crippen molar-refractivity contribution in [1.29, 1.82) is 0 Å². The van der Waals surface area contributed by atoms with E-state index in [1.807, 2.05) is 13.0 Å². The minimum atomic E-state index is -0.232. The maximum atomic E-state index is 12.1. The number of aryl methyl sites for hydroxylation is 1. The molecule has 0 fully saturated rings. The van der Waals surface area contributed by atoms with Gasteiger partial charge < -0.3 is 5.32 Å². The third-order valence-electron chi connectivity index (χ3n) is 2.63. The number of amides is 1. The molecule has 0 saturated carbocycles. The number of carbonyl (C=O) groups is 1. The molecule has 0 radical (unpaired) electrons. The zero-order valence-electron chi connectivity index (χ0n) is 10.0. The normalized spacial score (nSPS) is 10.3. The Labute approximate surface area is 129 Å². The van der Waals surface area contributed by atoms with Gasteiger partial charge in [-0.2, -0.15) is 0 Å². The van der Waals surface area contributed by atoms with E-state index in [1.165, 1.54) is 0 Å². The van der Waals surface area contributed by atoms with Crippen LogP contribution in [-0.2, 0) is 0 Å². The predicted octanol–water partition coefficient (Wildman–Crippen LogP) is 5.32. The van der Waals surface area contributed by atoms with Crippen LogP contribution in [0.1, 0.15) is 15.9 Å². The standard InChI is InChI=1S/C14H10BrCl2NO/c1-8-5-6-9(7-11(8)17)14(19)18-12-4-2-3-10(16)13(12)15/h2-7H,1H3,(H,18,19). The summed E-state index contributed by atoms with van der Waals surface area (Å²) in [5.41, 5.74) is 2.05. The van der Waals surface area contributed by atoms with Crippen molar-refractivity contribution in [2.45, 2.75) is 6.92 Å². The van der Waals surface area contributed by atoms with Crippen LogP contribution in [0.4, 0.5) is 5.69 Å². The van der Waals surface area contributed by atoms with Gasteiger partial charge in [-0.3, -0.25) is 4.79 Å². The molecule has 0 spiro atoms. The summed E-state index contributed by atoms with van der Waals surface area (Å²) in [4.78, 5) is 12.1. The van der Waals surface area contributed by atoms with E-state index in [2.05, 4.69) is 21.2 Å². The highest BCUT2D eigenvalue weighted by Gasteiger charge is 2.10. The molecule has 1 N–H and O–H groups in total. The summed E-state index contributed by atoms with van der Waals surface area (Å²) in [6, 6.07) is 10.5. The second kappa shape index (κ2) is 5.95. The fraction of sp³-hybridized carbons (Fsp3) is 0.0714. The van der Waals surface area contributed by atoms with Crippen molar-refractivity contribution in [3.63, 3.8) is 0 Å². The van der Waals surface area contributed by atoms with Crippen LogP contribution >= 0.6 is 39.1 Å². The van der Waals surface area contributed by atoms with E-state index in [4.69, 9.17) is 23.2 Å². The van der Waals surface area contributed by atoms with Gasteiger partial charge in [0.25, 0.3) is 5.91 Å². The van der Waals surface area contributed by atoms with Crippen LogP contribution in [0.5, 0.6) is 0 Å². The first-order valence-corrected chi connectivity index (χ1v) is 7.05. The van der Waals surface area contributed by atoms with Gasteiger partial charge in [0.05, 0.1) is 15.2 Å². The Hall–Kier alpha value is -1.03. The van der Waals surface area contributed by atoms with Crippen LogP contribution in [0.25, 0.3) is 0 Å². The van der Waals surface area contributed by atoms with E-state index in [0.717, 1.165) is 5.56 Å². The molecule has 0 heterocycles. The molecule has 0 bridgehead atoms. The fourth-order valence-corrected chi connectivity index (χ4v) is 2.25. The van der Waals surface area contributed by atoms with Gasteiger partial charge in [-0.15, -0.1) is 0 Å². The number of halogens is 3. The molecule has 2 aromatic rings. The van der Waals surface area contributed by atoms with E-state index < -0.39 is 0 Å². The number of nitrogens with one attached hydrogen (secondary N) is 1. The van der Waals surface area contributed by atoms with Gasteiger partial charge in [0.2, 0.25) is 0 Å². The minimum Gasteiger partial charge on any atom is -0.321 e. The van der Waals surface area contributed by atoms with E-state index in [1.54, 1.807) is 30.3 Å². The Bertz CT molecular complexity index is 643. The van der Waals surface area contributed by atoms with Crippen LogP contribution < -0.4 is 5.32 Å². The Kier molecular flexibility index (Phi) is 4.50. The zero-order chi connectivity index (χ0) is 14.0. The van der Waals surface area contributed by atoms with Gasteiger partial charge in [-0.05, 0) is 52.7 Å². The highest BCUT2D eigenvalue weighted by molar-refractivity contribution is 9.10. The van der Waals surface area contributed by atoms with Crippen molar-refractivity contribution in [3.05, 3.63) is 62.0 Å². The molecular formula is C14H10BrCl2NO. The van der Waals surface area contributed by atoms with Gasteiger partial charge in [-0.1, -0.05) is 35.3 Å². The molecule has 2 nitrogen and oxygen atoms in total. The summed E-state index contributed by atoms with van der Waals surface area (Å²) in [5.74, 6) is -0.232. The summed E-state index contributed by atoms with van der Waals surface area (Å²) in [7, 11) is 0.